The molecule has 0 aliphatic heterocycles. The summed E-state index contributed by atoms with van der Waals surface area (Å²) in [5.41, 5.74) is 6.15. The molecule has 6 heteroatoms. The van der Waals surface area contributed by atoms with Crippen molar-refractivity contribution in [1.29, 1.82) is 0 Å². The molecule has 0 aromatic heterocycles. The van der Waals surface area contributed by atoms with E-state index < -0.39 is 5.97 Å². The number of aromatic carboxylic acids is 1. The van der Waals surface area contributed by atoms with E-state index in [0.717, 1.165) is 4.47 Å². The van der Waals surface area contributed by atoms with Crippen LogP contribution < -0.4 is 15.2 Å². The lowest BCUT2D eigenvalue weighted by Gasteiger charge is -2.11. The first kappa shape index (κ1) is 15.2. The van der Waals surface area contributed by atoms with Gasteiger partial charge in [0.15, 0.2) is 0 Å². The van der Waals surface area contributed by atoms with Crippen LogP contribution in [0.5, 0.6) is 11.5 Å². The lowest BCUT2D eigenvalue weighted by atomic mass is 10.2. The minimum absolute atomic E-state index is 0.0756. The van der Waals surface area contributed by atoms with Crippen molar-refractivity contribution in [2.24, 2.45) is 0 Å². The molecule has 0 aliphatic carbocycles. The van der Waals surface area contributed by atoms with Crippen LogP contribution >= 0.6 is 15.9 Å². The maximum atomic E-state index is 11.1. The average molecular weight is 352 g/mol. The van der Waals surface area contributed by atoms with Gasteiger partial charge < -0.3 is 20.3 Å². The van der Waals surface area contributed by atoms with Gasteiger partial charge in [-0.3, -0.25) is 0 Å². The molecular weight excluding hydrogens is 338 g/mol. The van der Waals surface area contributed by atoms with Crippen LogP contribution in [0.3, 0.4) is 0 Å². The van der Waals surface area contributed by atoms with Gasteiger partial charge in [-0.05, 0) is 30.3 Å². The van der Waals surface area contributed by atoms with Crippen molar-refractivity contribution < 1.29 is 19.4 Å². The van der Waals surface area contributed by atoms with Gasteiger partial charge in [-0.2, -0.15) is 0 Å². The van der Waals surface area contributed by atoms with E-state index >= 15 is 0 Å². The molecule has 0 unspecified atom stereocenters. The number of ether oxygens (including phenoxy) is 2. The zero-order valence-corrected chi connectivity index (χ0v) is 12.7. The van der Waals surface area contributed by atoms with Crippen molar-refractivity contribution >= 4 is 27.6 Å². The van der Waals surface area contributed by atoms with E-state index in [2.05, 4.69) is 15.9 Å². The van der Waals surface area contributed by atoms with Crippen LogP contribution in [-0.2, 0) is 0 Å². The summed E-state index contributed by atoms with van der Waals surface area (Å²) in [4.78, 5) is 11.1. The summed E-state index contributed by atoms with van der Waals surface area (Å²) in [5.74, 6) is -0.114. The Bertz CT molecular complexity index is 645. The second-order valence-corrected chi connectivity index (χ2v) is 5.13. The molecule has 3 N–H and O–H groups in total. The molecule has 0 fully saturated rings. The van der Waals surface area contributed by atoms with Gasteiger partial charge in [0.25, 0.3) is 0 Å². The van der Waals surface area contributed by atoms with Gasteiger partial charge in [-0.25, -0.2) is 4.79 Å². The van der Waals surface area contributed by atoms with E-state index in [-0.39, 0.29) is 17.9 Å². The third-order valence-corrected chi connectivity index (χ3v) is 3.14. The molecule has 2 aromatic rings. The maximum absolute atomic E-state index is 11.1. The van der Waals surface area contributed by atoms with Crippen LogP contribution in [-0.4, -0.2) is 24.3 Å². The molecule has 0 amide bonds. The summed E-state index contributed by atoms with van der Waals surface area (Å²) in [6, 6.07) is 11.9. The minimum Gasteiger partial charge on any atom is -0.490 e. The van der Waals surface area contributed by atoms with Crippen LogP contribution in [0.15, 0.2) is 46.9 Å². The first-order valence-electron chi connectivity index (χ1n) is 6.20. The van der Waals surface area contributed by atoms with E-state index in [1.807, 2.05) is 24.3 Å². The van der Waals surface area contributed by atoms with Crippen LogP contribution in [0, 0.1) is 0 Å². The summed E-state index contributed by atoms with van der Waals surface area (Å²) >= 11 is 3.35. The summed E-state index contributed by atoms with van der Waals surface area (Å²) in [6.45, 7) is 0.514. The molecule has 2 aromatic carbocycles. The molecule has 0 atom stereocenters. The van der Waals surface area contributed by atoms with Crippen molar-refractivity contribution in [2.75, 3.05) is 18.9 Å². The second kappa shape index (κ2) is 6.99. The van der Waals surface area contributed by atoms with E-state index in [1.54, 1.807) is 0 Å². The van der Waals surface area contributed by atoms with Crippen molar-refractivity contribution in [3.63, 3.8) is 0 Å². The normalized spacial score (nSPS) is 10.1. The Morgan fingerprint density at radius 2 is 1.90 bits per heavy atom. The maximum Gasteiger partial charge on any atom is 0.339 e. The van der Waals surface area contributed by atoms with Crippen molar-refractivity contribution in [3.8, 4) is 11.5 Å². The molecule has 0 aliphatic rings. The Morgan fingerprint density at radius 1 is 1.14 bits per heavy atom. The van der Waals surface area contributed by atoms with Crippen molar-refractivity contribution in [3.05, 3.63) is 52.5 Å². The predicted octanol–water partition coefficient (Wildman–Crippen LogP) is 3.19. The zero-order chi connectivity index (χ0) is 15.2. The minimum atomic E-state index is -1.06. The number of nitrogen functional groups attached to an aromatic ring is 1. The topological polar surface area (TPSA) is 81.8 Å². The van der Waals surface area contributed by atoms with Gasteiger partial charge in [-0.1, -0.05) is 22.0 Å². The lowest BCUT2D eigenvalue weighted by molar-refractivity contribution is 0.0691. The fourth-order valence-corrected chi connectivity index (χ4v) is 2.08. The molecule has 0 bridgehead atoms. The van der Waals surface area contributed by atoms with Gasteiger partial charge in [-0.15, -0.1) is 0 Å². The first-order valence-corrected chi connectivity index (χ1v) is 6.99. The SMILES string of the molecule is Nc1ccc(C(=O)O)c(OCCOc2cccc(Br)c2)c1. The molecule has 0 spiro atoms. The van der Waals surface area contributed by atoms with Gasteiger partial charge in [0.1, 0.15) is 30.3 Å². The molecule has 110 valence electrons. The quantitative estimate of drug-likeness (QED) is 0.616. The summed E-state index contributed by atoms with van der Waals surface area (Å²) in [6.07, 6.45) is 0. The molecule has 5 nitrogen and oxygen atoms in total. The summed E-state index contributed by atoms with van der Waals surface area (Å²) in [7, 11) is 0. The summed E-state index contributed by atoms with van der Waals surface area (Å²) < 4.78 is 11.9. The predicted molar refractivity (Wildman–Crippen MR) is 82.9 cm³/mol. The number of nitrogens with two attached hydrogens (primary N) is 1. The Morgan fingerprint density at radius 3 is 2.62 bits per heavy atom. The molecule has 0 saturated heterocycles. The average Bonchev–Trinajstić information content (AvgIpc) is 2.43. The third kappa shape index (κ3) is 4.39. The largest absolute Gasteiger partial charge is 0.490 e. The smallest absolute Gasteiger partial charge is 0.339 e. The molecule has 21 heavy (non-hydrogen) atoms. The van der Waals surface area contributed by atoms with Crippen LogP contribution in [0.4, 0.5) is 5.69 Å². The van der Waals surface area contributed by atoms with Crippen LogP contribution in [0.1, 0.15) is 10.4 Å². The Balaban J connectivity index is 1.91. The molecular formula is C15H14BrNO4. The third-order valence-electron chi connectivity index (χ3n) is 2.64. The lowest BCUT2D eigenvalue weighted by Crippen LogP contribution is -2.11. The van der Waals surface area contributed by atoms with E-state index in [9.17, 15) is 4.79 Å². The number of benzene rings is 2. The molecule has 0 saturated carbocycles. The number of hydrogen-bond acceptors (Lipinski definition) is 4. The highest BCUT2D eigenvalue weighted by Gasteiger charge is 2.11. The van der Waals surface area contributed by atoms with Gasteiger partial charge in [0.05, 0.1) is 0 Å². The molecule has 2 rings (SSSR count). The number of rotatable bonds is 6. The van der Waals surface area contributed by atoms with Gasteiger partial charge >= 0.3 is 5.97 Å². The first-order chi connectivity index (χ1) is 10.1. The summed E-state index contributed by atoms with van der Waals surface area (Å²) in [5, 5.41) is 9.06. The fourth-order valence-electron chi connectivity index (χ4n) is 1.70. The number of anilines is 1. The number of hydrogen-bond donors (Lipinski definition) is 2. The Kier molecular flexibility index (Phi) is 5.05. The fraction of sp³-hybridized carbons (Fsp3) is 0.133. The highest BCUT2D eigenvalue weighted by molar-refractivity contribution is 9.10. The van der Waals surface area contributed by atoms with Crippen molar-refractivity contribution in [2.45, 2.75) is 0 Å². The number of carboxylic acids is 1. The van der Waals surface area contributed by atoms with Crippen LogP contribution in [0.2, 0.25) is 0 Å². The standard InChI is InChI=1S/C15H14BrNO4/c16-10-2-1-3-12(8-10)20-6-7-21-14-9-11(17)4-5-13(14)15(18)19/h1-5,8-9H,6-7,17H2,(H,18,19). The molecule has 0 heterocycles. The highest BCUT2D eigenvalue weighted by Crippen LogP contribution is 2.22. The zero-order valence-electron chi connectivity index (χ0n) is 11.1. The van der Waals surface area contributed by atoms with Gasteiger partial charge in [0.2, 0.25) is 0 Å². The monoisotopic (exact) mass is 351 g/mol. The number of halogens is 1. The van der Waals surface area contributed by atoms with E-state index in [1.165, 1.54) is 18.2 Å². The Labute approximate surface area is 130 Å². The number of carboxylic acid groups (broad SMARTS) is 1. The second-order valence-electron chi connectivity index (χ2n) is 4.22. The van der Waals surface area contributed by atoms with Crippen molar-refractivity contribution in [1.82, 2.24) is 0 Å². The molecule has 0 radical (unpaired) electrons. The van der Waals surface area contributed by atoms with E-state index in [4.69, 9.17) is 20.3 Å². The van der Waals surface area contributed by atoms with Gasteiger partial charge in [0, 0.05) is 16.2 Å². The highest BCUT2D eigenvalue weighted by atomic mass is 79.9. The Hall–Kier alpha value is -2.21. The van der Waals surface area contributed by atoms with Crippen LogP contribution in [0.25, 0.3) is 0 Å². The van der Waals surface area contributed by atoms with E-state index in [0.29, 0.717) is 18.0 Å². The number of carbonyl (C=O) groups is 1.